The van der Waals surface area contributed by atoms with E-state index in [4.69, 9.17) is 0 Å². The van der Waals surface area contributed by atoms with Crippen LogP contribution < -0.4 is 0 Å². The summed E-state index contributed by atoms with van der Waals surface area (Å²) in [6.45, 7) is 0. The first-order valence-corrected chi connectivity index (χ1v) is 5.56. The minimum absolute atomic E-state index is 0.102. The van der Waals surface area contributed by atoms with E-state index in [1.807, 2.05) is 10.9 Å². The highest BCUT2D eigenvalue weighted by atomic mass is 79.9. The van der Waals surface area contributed by atoms with Crippen LogP contribution in [0, 0.1) is 0 Å². The minimum atomic E-state index is 0.102. The van der Waals surface area contributed by atoms with Gasteiger partial charge in [-0.2, -0.15) is 5.10 Å². The standard InChI is InChI=1S/C9H11BrN2O/c10-4-9(13)7-5-11-12(6-7)8-2-1-3-8/h5-6,8H,1-4H2. The highest BCUT2D eigenvalue weighted by molar-refractivity contribution is 9.09. The average Bonchev–Trinajstić information content (AvgIpc) is 2.49. The Morgan fingerprint density at radius 1 is 1.69 bits per heavy atom. The summed E-state index contributed by atoms with van der Waals surface area (Å²) in [6.07, 6.45) is 7.19. The smallest absolute Gasteiger partial charge is 0.176 e. The van der Waals surface area contributed by atoms with Crippen LogP contribution in [0.3, 0.4) is 0 Å². The molecule has 4 heteroatoms. The minimum Gasteiger partial charge on any atom is -0.293 e. The molecule has 0 N–H and O–H groups in total. The molecule has 1 aromatic heterocycles. The molecule has 1 heterocycles. The fourth-order valence-electron chi connectivity index (χ4n) is 1.41. The summed E-state index contributed by atoms with van der Waals surface area (Å²) < 4.78 is 1.92. The van der Waals surface area contributed by atoms with Crippen LogP contribution in [0.4, 0.5) is 0 Å². The van der Waals surface area contributed by atoms with E-state index in [1.54, 1.807) is 6.20 Å². The van der Waals surface area contributed by atoms with Crippen LogP contribution in [0.2, 0.25) is 0 Å². The average molecular weight is 243 g/mol. The van der Waals surface area contributed by atoms with Crippen molar-refractivity contribution in [3.63, 3.8) is 0 Å². The van der Waals surface area contributed by atoms with Crippen molar-refractivity contribution in [3.05, 3.63) is 18.0 Å². The van der Waals surface area contributed by atoms with Crippen molar-refractivity contribution in [1.29, 1.82) is 0 Å². The maximum absolute atomic E-state index is 11.3. The fourth-order valence-corrected chi connectivity index (χ4v) is 1.73. The van der Waals surface area contributed by atoms with Crippen LogP contribution in [0.5, 0.6) is 0 Å². The number of Topliss-reactive ketones (excluding diaryl/α,β-unsaturated/α-hetero) is 1. The molecule has 0 amide bonds. The van der Waals surface area contributed by atoms with Crippen LogP contribution >= 0.6 is 15.9 Å². The third-order valence-electron chi connectivity index (χ3n) is 2.49. The third-order valence-corrected chi connectivity index (χ3v) is 3.00. The molecule has 0 aliphatic heterocycles. The maximum atomic E-state index is 11.3. The number of ketones is 1. The van der Waals surface area contributed by atoms with Crippen LogP contribution in [0.1, 0.15) is 35.7 Å². The van der Waals surface area contributed by atoms with Crippen LogP contribution in [-0.2, 0) is 0 Å². The summed E-state index contributed by atoms with van der Waals surface area (Å²) in [6, 6.07) is 0.539. The predicted molar refractivity (Wildman–Crippen MR) is 53.2 cm³/mol. The van der Waals surface area contributed by atoms with Crippen LogP contribution in [0.15, 0.2) is 12.4 Å². The van der Waals surface area contributed by atoms with Gasteiger partial charge in [0.05, 0.1) is 23.1 Å². The van der Waals surface area contributed by atoms with E-state index in [1.165, 1.54) is 19.3 Å². The number of alkyl halides is 1. The molecule has 13 heavy (non-hydrogen) atoms. The van der Waals surface area contributed by atoms with Gasteiger partial charge in [-0.15, -0.1) is 0 Å². The first kappa shape index (κ1) is 8.94. The van der Waals surface area contributed by atoms with Gasteiger partial charge in [0.25, 0.3) is 0 Å². The molecule has 1 fully saturated rings. The lowest BCUT2D eigenvalue weighted by atomic mass is 9.93. The number of halogens is 1. The molecule has 0 aromatic carbocycles. The second-order valence-electron chi connectivity index (χ2n) is 3.35. The number of carbonyl (C=O) groups is 1. The number of hydrogen-bond acceptors (Lipinski definition) is 2. The molecular formula is C9H11BrN2O. The fraction of sp³-hybridized carbons (Fsp3) is 0.556. The Morgan fingerprint density at radius 2 is 2.46 bits per heavy atom. The number of hydrogen-bond donors (Lipinski definition) is 0. The highest BCUT2D eigenvalue weighted by Gasteiger charge is 2.20. The van der Waals surface area contributed by atoms with Crippen molar-refractivity contribution in [2.24, 2.45) is 0 Å². The summed E-state index contributed by atoms with van der Waals surface area (Å²) in [5, 5.41) is 4.56. The maximum Gasteiger partial charge on any atom is 0.176 e. The molecule has 1 aliphatic carbocycles. The molecule has 70 valence electrons. The SMILES string of the molecule is O=C(CBr)c1cnn(C2CCC2)c1. The molecular weight excluding hydrogens is 232 g/mol. The zero-order valence-corrected chi connectivity index (χ0v) is 8.83. The molecule has 0 spiro atoms. The molecule has 1 saturated carbocycles. The molecule has 2 rings (SSSR count). The van der Waals surface area contributed by atoms with Gasteiger partial charge in [0.15, 0.2) is 5.78 Å². The number of rotatable bonds is 3. The lowest BCUT2D eigenvalue weighted by molar-refractivity contribution is 0.102. The largest absolute Gasteiger partial charge is 0.293 e. The van der Waals surface area contributed by atoms with E-state index in [0.717, 1.165) is 0 Å². The Bertz CT molecular complexity index is 317. The van der Waals surface area contributed by atoms with Gasteiger partial charge >= 0.3 is 0 Å². The quantitative estimate of drug-likeness (QED) is 0.602. The van der Waals surface area contributed by atoms with Gasteiger partial charge in [0.1, 0.15) is 0 Å². The molecule has 0 radical (unpaired) electrons. The van der Waals surface area contributed by atoms with Crippen LogP contribution in [-0.4, -0.2) is 20.9 Å². The van der Waals surface area contributed by atoms with Crippen molar-refractivity contribution < 1.29 is 4.79 Å². The topological polar surface area (TPSA) is 34.9 Å². The second-order valence-corrected chi connectivity index (χ2v) is 3.91. The summed E-state index contributed by atoms with van der Waals surface area (Å²) in [5.41, 5.74) is 0.712. The summed E-state index contributed by atoms with van der Waals surface area (Å²) >= 11 is 3.14. The number of nitrogens with zero attached hydrogens (tertiary/aromatic N) is 2. The Balaban J connectivity index is 2.12. The van der Waals surface area contributed by atoms with Gasteiger partial charge in [-0.25, -0.2) is 0 Å². The second kappa shape index (κ2) is 3.62. The summed E-state index contributed by atoms with van der Waals surface area (Å²) in [5.74, 6) is 0.102. The molecule has 1 aliphatic rings. The van der Waals surface area contributed by atoms with E-state index in [9.17, 15) is 4.79 Å². The highest BCUT2D eigenvalue weighted by Crippen LogP contribution is 2.30. The third kappa shape index (κ3) is 1.68. The first-order chi connectivity index (χ1) is 6.31. The molecule has 0 bridgehead atoms. The van der Waals surface area contributed by atoms with Crippen molar-refractivity contribution >= 4 is 21.7 Å². The zero-order chi connectivity index (χ0) is 9.26. The van der Waals surface area contributed by atoms with Crippen molar-refractivity contribution in [3.8, 4) is 0 Å². The van der Waals surface area contributed by atoms with E-state index in [2.05, 4.69) is 21.0 Å². The summed E-state index contributed by atoms with van der Waals surface area (Å²) in [7, 11) is 0. The normalized spacial score (nSPS) is 17.0. The molecule has 0 unspecified atom stereocenters. The van der Waals surface area contributed by atoms with Gasteiger partial charge in [-0.3, -0.25) is 9.48 Å². The van der Waals surface area contributed by atoms with E-state index < -0.39 is 0 Å². The molecule has 3 nitrogen and oxygen atoms in total. The van der Waals surface area contributed by atoms with E-state index in [0.29, 0.717) is 16.9 Å². The van der Waals surface area contributed by atoms with Crippen LogP contribution in [0.25, 0.3) is 0 Å². The number of aromatic nitrogens is 2. The van der Waals surface area contributed by atoms with Crippen molar-refractivity contribution in [2.75, 3.05) is 5.33 Å². The molecule has 1 aromatic rings. The first-order valence-electron chi connectivity index (χ1n) is 4.44. The lowest BCUT2D eigenvalue weighted by Crippen LogP contribution is -2.17. The van der Waals surface area contributed by atoms with Gasteiger partial charge < -0.3 is 0 Å². The van der Waals surface area contributed by atoms with Gasteiger partial charge in [-0.05, 0) is 19.3 Å². The van der Waals surface area contributed by atoms with E-state index in [-0.39, 0.29) is 5.78 Å². The predicted octanol–water partition coefficient (Wildman–Crippen LogP) is 2.19. The van der Waals surface area contributed by atoms with Crippen molar-refractivity contribution in [1.82, 2.24) is 9.78 Å². The number of carbonyl (C=O) groups excluding carboxylic acids is 1. The summed E-state index contributed by atoms with van der Waals surface area (Å²) in [4.78, 5) is 11.3. The van der Waals surface area contributed by atoms with Gasteiger partial charge in [-0.1, -0.05) is 15.9 Å². The zero-order valence-electron chi connectivity index (χ0n) is 7.24. The lowest BCUT2D eigenvalue weighted by Gasteiger charge is -2.25. The monoisotopic (exact) mass is 242 g/mol. The van der Waals surface area contributed by atoms with Gasteiger partial charge in [0, 0.05) is 6.20 Å². The van der Waals surface area contributed by atoms with E-state index >= 15 is 0 Å². The molecule has 0 saturated heterocycles. The van der Waals surface area contributed by atoms with Gasteiger partial charge in [0.2, 0.25) is 0 Å². The van der Waals surface area contributed by atoms with Crippen molar-refractivity contribution in [2.45, 2.75) is 25.3 Å². The molecule has 0 atom stereocenters. The Labute approximate surface area is 85.3 Å². The Morgan fingerprint density at radius 3 is 3.00 bits per heavy atom. The Hall–Kier alpha value is -0.640. The Kier molecular flexibility index (Phi) is 2.49.